The van der Waals surface area contributed by atoms with Crippen LogP contribution < -0.4 is 5.32 Å². The number of fused-ring (bicyclic) bond motifs is 1. The van der Waals surface area contributed by atoms with Crippen molar-refractivity contribution < 1.29 is 4.79 Å². The molecule has 1 aromatic heterocycles. The van der Waals surface area contributed by atoms with E-state index in [0.29, 0.717) is 24.2 Å². The summed E-state index contributed by atoms with van der Waals surface area (Å²) in [7, 11) is 0. The lowest BCUT2D eigenvalue weighted by Gasteiger charge is -2.30. The number of hydrogen-bond acceptors (Lipinski definition) is 3. The Morgan fingerprint density at radius 3 is 2.24 bits per heavy atom. The highest BCUT2D eigenvalue weighted by atomic mass is 16.1. The second-order valence-electron chi connectivity index (χ2n) is 8.06. The third kappa shape index (κ3) is 4.65. The molecule has 0 radical (unpaired) electrons. The van der Waals surface area contributed by atoms with Crippen molar-refractivity contribution in [3.63, 3.8) is 0 Å². The van der Waals surface area contributed by atoms with Gasteiger partial charge >= 0.3 is 0 Å². The number of aromatic nitrogens is 1. The second-order valence-corrected chi connectivity index (χ2v) is 8.06. The number of pyridine rings is 1. The largest absolute Gasteiger partial charge is 0.351 e. The average molecular weight is 390 g/mol. The number of nitrogens with zero attached hydrogens (tertiary/aromatic N) is 2. The number of carbonyl (C=O) groups excluding carboxylic acids is 1. The van der Waals surface area contributed by atoms with Gasteiger partial charge in [0.25, 0.3) is 5.91 Å². The minimum atomic E-state index is -0.0718. The van der Waals surface area contributed by atoms with E-state index in [4.69, 9.17) is 0 Å². The molecule has 1 N–H and O–H groups in total. The van der Waals surface area contributed by atoms with E-state index >= 15 is 0 Å². The number of amides is 1. The normalized spacial score (nSPS) is 11.6. The van der Waals surface area contributed by atoms with Crippen LogP contribution in [-0.4, -0.2) is 41.0 Å². The van der Waals surface area contributed by atoms with Gasteiger partial charge in [-0.25, -0.2) is 0 Å². The fourth-order valence-electron chi connectivity index (χ4n) is 3.93. The van der Waals surface area contributed by atoms with Gasteiger partial charge in [0.15, 0.2) is 0 Å². The summed E-state index contributed by atoms with van der Waals surface area (Å²) in [6, 6.07) is 17.1. The summed E-state index contributed by atoms with van der Waals surface area (Å²) < 4.78 is 0. The van der Waals surface area contributed by atoms with Crippen LogP contribution in [0.3, 0.4) is 0 Å². The van der Waals surface area contributed by atoms with Gasteiger partial charge in [-0.15, -0.1) is 0 Å². The maximum atomic E-state index is 12.9. The zero-order chi connectivity index (χ0) is 21.0. The number of carbonyl (C=O) groups is 1. The SMILES string of the molecule is Cc1ccccc1-c1ncc(C(=O)NCCN(C(C)C)C(C)C)c2ccccc12. The lowest BCUT2D eigenvalue weighted by molar-refractivity contribution is 0.0940. The summed E-state index contributed by atoms with van der Waals surface area (Å²) in [5.74, 6) is -0.0718. The Bertz CT molecular complexity index is 986. The van der Waals surface area contributed by atoms with E-state index in [1.54, 1.807) is 6.20 Å². The predicted molar refractivity (Wildman–Crippen MR) is 121 cm³/mol. The van der Waals surface area contributed by atoms with E-state index in [0.717, 1.165) is 28.6 Å². The summed E-state index contributed by atoms with van der Waals surface area (Å²) in [6.07, 6.45) is 1.71. The fraction of sp³-hybridized carbons (Fsp3) is 0.360. The van der Waals surface area contributed by atoms with Crippen molar-refractivity contribution in [3.8, 4) is 11.3 Å². The molecule has 0 saturated heterocycles. The quantitative estimate of drug-likeness (QED) is 0.614. The van der Waals surface area contributed by atoms with Gasteiger partial charge in [0.2, 0.25) is 0 Å². The molecule has 0 aliphatic heterocycles. The molecule has 0 fully saturated rings. The van der Waals surface area contributed by atoms with Crippen molar-refractivity contribution in [1.82, 2.24) is 15.2 Å². The van der Waals surface area contributed by atoms with Crippen LogP contribution in [0.15, 0.2) is 54.7 Å². The fourth-order valence-corrected chi connectivity index (χ4v) is 3.93. The van der Waals surface area contributed by atoms with Crippen molar-refractivity contribution in [2.24, 2.45) is 0 Å². The zero-order valence-corrected chi connectivity index (χ0v) is 18.1. The molecule has 4 nitrogen and oxygen atoms in total. The third-order valence-electron chi connectivity index (χ3n) is 5.42. The Labute approximate surface area is 174 Å². The minimum absolute atomic E-state index is 0.0718. The van der Waals surface area contributed by atoms with Gasteiger partial charge in [-0.2, -0.15) is 0 Å². The van der Waals surface area contributed by atoms with Crippen LogP contribution in [0.1, 0.15) is 43.6 Å². The molecule has 3 rings (SSSR count). The van der Waals surface area contributed by atoms with E-state index in [2.05, 4.69) is 62.0 Å². The van der Waals surface area contributed by atoms with Gasteiger partial charge in [-0.1, -0.05) is 48.5 Å². The number of hydrogen-bond donors (Lipinski definition) is 1. The molecular weight excluding hydrogens is 358 g/mol. The highest BCUT2D eigenvalue weighted by Gasteiger charge is 2.17. The van der Waals surface area contributed by atoms with Crippen molar-refractivity contribution in [2.75, 3.05) is 13.1 Å². The lowest BCUT2D eigenvalue weighted by atomic mass is 9.98. The molecule has 1 heterocycles. The Hall–Kier alpha value is -2.72. The van der Waals surface area contributed by atoms with Crippen molar-refractivity contribution >= 4 is 16.7 Å². The predicted octanol–water partition coefficient (Wildman–Crippen LogP) is 5.06. The summed E-state index contributed by atoms with van der Waals surface area (Å²) in [4.78, 5) is 20.0. The Balaban J connectivity index is 1.87. The monoisotopic (exact) mass is 389 g/mol. The van der Waals surface area contributed by atoms with E-state index in [1.807, 2.05) is 36.4 Å². The standard InChI is InChI=1S/C25H31N3O/c1-17(2)28(18(3)4)15-14-26-25(29)23-16-27-24(20-11-7-6-10-19(20)5)22-13-9-8-12-21(22)23/h6-13,16-18H,14-15H2,1-5H3,(H,26,29). The molecule has 0 aliphatic carbocycles. The van der Waals surface area contributed by atoms with Gasteiger partial charge in [0.05, 0.1) is 11.3 Å². The van der Waals surface area contributed by atoms with Gasteiger partial charge < -0.3 is 5.32 Å². The molecule has 0 saturated carbocycles. The van der Waals surface area contributed by atoms with E-state index in [9.17, 15) is 4.79 Å². The first-order chi connectivity index (χ1) is 13.9. The molecule has 152 valence electrons. The molecule has 29 heavy (non-hydrogen) atoms. The molecular formula is C25H31N3O. The van der Waals surface area contributed by atoms with Crippen LogP contribution in [0.2, 0.25) is 0 Å². The molecule has 0 bridgehead atoms. The maximum Gasteiger partial charge on any atom is 0.253 e. The van der Waals surface area contributed by atoms with Crippen molar-refractivity contribution in [2.45, 2.75) is 46.7 Å². The van der Waals surface area contributed by atoms with Crippen LogP contribution in [0.4, 0.5) is 0 Å². The Morgan fingerprint density at radius 1 is 0.966 bits per heavy atom. The average Bonchev–Trinajstić information content (AvgIpc) is 2.70. The van der Waals surface area contributed by atoms with Crippen LogP contribution in [-0.2, 0) is 0 Å². The number of aryl methyl sites for hydroxylation is 1. The van der Waals surface area contributed by atoms with Crippen molar-refractivity contribution in [1.29, 1.82) is 0 Å². The molecule has 3 aromatic rings. The van der Waals surface area contributed by atoms with Gasteiger partial charge in [0.1, 0.15) is 0 Å². The zero-order valence-electron chi connectivity index (χ0n) is 18.1. The number of benzene rings is 2. The summed E-state index contributed by atoms with van der Waals surface area (Å²) in [5.41, 5.74) is 3.81. The Morgan fingerprint density at radius 2 is 1.59 bits per heavy atom. The first-order valence-electron chi connectivity index (χ1n) is 10.4. The van der Waals surface area contributed by atoms with Crippen LogP contribution in [0.5, 0.6) is 0 Å². The van der Waals surface area contributed by atoms with Crippen LogP contribution >= 0.6 is 0 Å². The number of nitrogens with one attached hydrogen (secondary N) is 1. The minimum Gasteiger partial charge on any atom is -0.351 e. The third-order valence-corrected chi connectivity index (χ3v) is 5.42. The van der Waals surface area contributed by atoms with Gasteiger partial charge in [-0.3, -0.25) is 14.7 Å². The molecule has 0 aliphatic rings. The molecule has 0 atom stereocenters. The highest BCUT2D eigenvalue weighted by molar-refractivity contribution is 6.09. The van der Waals surface area contributed by atoms with Crippen molar-refractivity contribution in [3.05, 3.63) is 65.9 Å². The second kappa shape index (κ2) is 9.19. The highest BCUT2D eigenvalue weighted by Crippen LogP contribution is 2.30. The smallest absolute Gasteiger partial charge is 0.253 e. The molecule has 2 aromatic carbocycles. The van der Waals surface area contributed by atoms with Gasteiger partial charge in [0, 0.05) is 42.3 Å². The van der Waals surface area contributed by atoms with E-state index < -0.39 is 0 Å². The summed E-state index contributed by atoms with van der Waals surface area (Å²) in [6.45, 7) is 12.3. The first kappa shape index (κ1) is 21.0. The topological polar surface area (TPSA) is 45.2 Å². The summed E-state index contributed by atoms with van der Waals surface area (Å²) in [5, 5.41) is 5.01. The van der Waals surface area contributed by atoms with E-state index in [1.165, 1.54) is 5.56 Å². The molecule has 0 unspecified atom stereocenters. The van der Waals surface area contributed by atoms with Crippen LogP contribution in [0.25, 0.3) is 22.0 Å². The lowest BCUT2D eigenvalue weighted by Crippen LogP contribution is -2.42. The molecule has 4 heteroatoms. The van der Waals surface area contributed by atoms with Crippen LogP contribution in [0, 0.1) is 6.92 Å². The Kier molecular flexibility index (Phi) is 6.65. The first-order valence-corrected chi connectivity index (χ1v) is 10.4. The molecule has 1 amide bonds. The van der Waals surface area contributed by atoms with E-state index in [-0.39, 0.29) is 5.91 Å². The van der Waals surface area contributed by atoms with Gasteiger partial charge in [-0.05, 0) is 45.6 Å². The maximum absolute atomic E-state index is 12.9. The molecule has 0 spiro atoms. The summed E-state index contributed by atoms with van der Waals surface area (Å²) >= 11 is 0. The number of rotatable bonds is 7.